The predicted octanol–water partition coefficient (Wildman–Crippen LogP) is 1.14. The van der Waals surface area contributed by atoms with Gasteiger partial charge in [0.05, 0.1) is 20.1 Å². The van der Waals surface area contributed by atoms with E-state index in [1.807, 2.05) is 24.3 Å². The van der Waals surface area contributed by atoms with E-state index in [0.29, 0.717) is 6.42 Å². The first kappa shape index (κ1) is 12.3. The molecular weight excluding hydrogens is 204 g/mol. The van der Waals surface area contributed by atoms with Gasteiger partial charge in [0.1, 0.15) is 0 Å². The van der Waals surface area contributed by atoms with Crippen LogP contribution in [0.3, 0.4) is 0 Å². The van der Waals surface area contributed by atoms with Gasteiger partial charge in [-0.3, -0.25) is 4.79 Å². The number of carbonyl (C=O) groups is 1. The van der Waals surface area contributed by atoms with Gasteiger partial charge in [-0.25, -0.2) is 0 Å². The van der Waals surface area contributed by atoms with Crippen molar-refractivity contribution in [3.05, 3.63) is 35.4 Å². The Labute approximate surface area is 95.1 Å². The molecule has 0 fully saturated rings. The third kappa shape index (κ3) is 3.76. The number of esters is 1. The number of hydrogen-bond donors (Lipinski definition) is 1. The summed E-state index contributed by atoms with van der Waals surface area (Å²) in [4.78, 5) is 11.2. The van der Waals surface area contributed by atoms with Crippen molar-refractivity contribution in [2.75, 3.05) is 13.7 Å². The van der Waals surface area contributed by atoms with Gasteiger partial charge in [-0.1, -0.05) is 30.0 Å². The topological polar surface area (TPSA) is 46.5 Å². The zero-order valence-electron chi connectivity index (χ0n) is 9.19. The smallest absolute Gasteiger partial charge is 0.310 e. The molecule has 0 amide bonds. The molecule has 0 aliphatic carbocycles. The van der Waals surface area contributed by atoms with Crippen molar-refractivity contribution in [3.8, 4) is 11.8 Å². The van der Waals surface area contributed by atoms with Gasteiger partial charge in [0.15, 0.2) is 0 Å². The Bertz CT molecular complexity index is 413. The van der Waals surface area contributed by atoms with Gasteiger partial charge in [0.25, 0.3) is 0 Å². The maximum absolute atomic E-state index is 11.2. The zero-order chi connectivity index (χ0) is 11.8. The predicted molar refractivity (Wildman–Crippen MR) is 60.7 cm³/mol. The Morgan fingerprint density at radius 2 is 2.19 bits per heavy atom. The second kappa shape index (κ2) is 6.65. The summed E-state index contributed by atoms with van der Waals surface area (Å²) in [5, 5.41) is 8.62. The minimum atomic E-state index is -0.281. The SMILES string of the molecule is COC(=O)Cc1ccccc1C#CCCO. The molecule has 0 heterocycles. The Morgan fingerprint density at radius 3 is 2.88 bits per heavy atom. The van der Waals surface area contributed by atoms with Crippen molar-refractivity contribution in [3.63, 3.8) is 0 Å². The second-order valence-corrected chi connectivity index (χ2v) is 3.19. The van der Waals surface area contributed by atoms with Crippen molar-refractivity contribution in [1.29, 1.82) is 0 Å². The number of ether oxygens (including phenoxy) is 1. The number of methoxy groups -OCH3 is 1. The fraction of sp³-hybridized carbons (Fsp3) is 0.308. The number of rotatable bonds is 3. The van der Waals surface area contributed by atoms with Gasteiger partial charge in [-0.15, -0.1) is 0 Å². The molecule has 0 aliphatic rings. The highest BCUT2D eigenvalue weighted by atomic mass is 16.5. The third-order valence-corrected chi connectivity index (χ3v) is 2.04. The number of aliphatic hydroxyl groups is 1. The van der Waals surface area contributed by atoms with E-state index in [-0.39, 0.29) is 19.0 Å². The fourth-order valence-electron chi connectivity index (χ4n) is 1.24. The lowest BCUT2D eigenvalue weighted by molar-refractivity contribution is -0.139. The van der Waals surface area contributed by atoms with Crippen molar-refractivity contribution in [2.45, 2.75) is 12.8 Å². The largest absolute Gasteiger partial charge is 0.469 e. The zero-order valence-corrected chi connectivity index (χ0v) is 9.19. The van der Waals surface area contributed by atoms with E-state index < -0.39 is 0 Å². The Morgan fingerprint density at radius 1 is 1.44 bits per heavy atom. The molecule has 0 spiro atoms. The quantitative estimate of drug-likeness (QED) is 0.611. The van der Waals surface area contributed by atoms with E-state index in [9.17, 15) is 4.79 Å². The van der Waals surface area contributed by atoms with Crippen LogP contribution in [-0.4, -0.2) is 24.8 Å². The van der Waals surface area contributed by atoms with Gasteiger partial charge in [-0.2, -0.15) is 0 Å². The summed E-state index contributed by atoms with van der Waals surface area (Å²) >= 11 is 0. The molecule has 3 heteroatoms. The van der Waals surface area contributed by atoms with Gasteiger partial charge in [-0.05, 0) is 11.6 Å². The van der Waals surface area contributed by atoms with Crippen molar-refractivity contribution in [2.24, 2.45) is 0 Å². The van der Waals surface area contributed by atoms with E-state index in [1.165, 1.54) is 7.11 Å². The lowest BCUT2D eigenvalue weighted by atomic mass is 10.1. The average Bonchev–Trinajstić information content (AvgIpc) is 2.31. The van der Waals surface area contributed by atoms with E-state index in [4.69, 9.17) is 5.11 Å². The monoisotopic (exact) mass is 218 g/mol. The van der Waals surface area contributed by atoms with E-state index in [1.54, 1.807) is 0 Å². The van der Waals surface area contributed by atoms with Gasteiger partial charge in [0, 0.05) is 12.0 Å². The molecular formula is C13H14O3. The molecule has 0 aliphatic heterocycles. The summed E-state index contributed by atoms with van der Waals surface area (Å²) in [6.07, 6.45) is 0.660. The molecule has 1 N–H and O–H groups in total. The Kier molecular flexibility index (Phi) is 5.10. The summed E-state index contributed by atoms with van der Waals surface area (Å²) in [5.41, 5.74) is 1.65. The van der Waals surface area contributed by atoms with Crippen LogP contribution in [0.2, 0.25) is 0 Å². The highest BCUT2D eigenvalue weighted by Gasteiger charge is 2.05. The Hall–Kier alpha value is -1.79. The molecule has 0 saturated heterocycles. The first-order valence-electron chi connectivity index (χ1n) is 5.02. The van der Waals surface area contributed by atoms with Crippen LogP contribution in [0, 0.1) is 11.8 Å². The summed E-state index contributed by atoms with van der Waals surface area (Å²) in [6.45, 7) is 0.0478. The molecule has 0 unspecified atom stereocenters. The van der Waals surface area contributed by atoms with Crippen LogP contribution >= 0.6 is 0 Å². The molecule has 16 heavy (non-hydrogen) atoms. The lowest BCUT2D eigenvalue weighted by Gasteiger charge is -2.02. The minimum Gasteiger partial charge on any atom is -0.469 e. The number of benzene rings is 1. The van der Waals surface area contributed by atoms with E-state index >= 15 is 0 Å². The second-order valence-electron chi connectivity index (χ2n) is 3.19. The molecule has 1 aromatic rings. The number of aliphatic hydroxyl groups excluding tert-OH is 1. The van der Waals surface area contributed by atoms with Gasteiger partial charge >= 0.3 is 5.97 Å². The molecule has 1 rings (SSSR count). The van der Waals surface area contributed by atoms with Crippen LogP contribution in [0.5, 0.6) is 0 Å². The molecule has 0 atom stereocenters. The summed E-state index contributed by atoms with van der Waals surface area (Å²) in [5.74, 6) is 5.48. The lowest BCUT2D eigenvalue weighted by Crippen LogP contribution is -2.05. The molecule has 1 aromatic carbocycles. The Balaban J connectivity index is 2.84. The molecule has 0 saturated carbocycles. The number of hydrogen-bond acceptors (Lipinski definition) is 3. The molecule has 84 valence electrons. The average molecular weight is 218 g/mol. The van der Waals surface area contributed by atoms with Gasteiger partial charge in [0.2, 0.25) is 0 Å². The maximum atomic E-state index is 11.2. The summed E-state index contributed by atoms with van der Waals surface area (Å²) in [6, 6.07) is 7.42. The van der Waals surface area contributed by atoms with Crippen molar-refractivity contribution >= 4 is 5.97 Å². The van der Waals surface area contributed by atoms with Crippen LogP contribution in [0.15, 0.2) is 24.3 Å². The first-order chi connectivity index (χ1) is 7.77. The standard InChI is InChI=1S/C13H14O3/c1-16-13(15)10-12-8-3-2-6-11(12)7-4-5-9-14/h2-3,6,8,14H,5,9-10H2,1H3. The summed E-state index contributed by atoms with van der Waals surface area (Å²) < 4.78 is 4.61. The molecule has 0 aromatic heterocycles. The fourth-order valence-corrected chi connectivity index (χ4v) is 1.24. The van der Waals surface area contributed by atoms with Crippen LogP contribution in [0.4, 0.5) is 0 Å². The normalized spacial score (nSPS) is 9.12. The first-order valence-corrected chi connectivity index (χ1v) is 5.02. The van der Waals surface area contributed by atoms with Crippen LogP contribution < -0.4 is 0 Å². The van der Waals surface area contributed by atoms with Crippen LogP contribution in [0.25, 0.3) is 0 Å². The molecule has 0 radical (unpaired) electrons. The van der Waals surface area contributed by atoms with Gasteiger partial charge < -0.3 is 9.84 Å². The third-order valence-electron chi connectivity index (χ3n) is 2.04. The highest BCUT2D eigenvalue weighted by Crippen LogP contribution is 2.08. The molecule has 0 bridgehead atoms. The summed E-state index contributed by atoms with van der Waals surface area (Å²) in [7, 11) is 1.36. The van der Waals surface area contributed by atoms with E-state index in [2.05, 4.69) is 16.6 Å². The van der Waals surface area contributed by atoms with Crippen molar-refractivity contribution < 1.29 is 14.6 Å². The van der Waals surface area contributed by atoms with Crippen LogP contribution in [-0.2, 0) is 16.0 Å². The minimum absolute atomic E-state index is 0.0478. The van der Waals surface area contributed by atoms with Crippen molar-refractivity contribution in [1.82, 2.24) is 0 Å². The van der Waals surface area contributed by atoms with Crippen LogP contribution in [0.1, 0.15) is 17.5 Å². The number of carbonyl (C=O) groups excluding carboxylic acids is 1. The van der Waals surface area contributed by atoms with E-state index in [0.717, 1.165) is 11.1 Å². The highest BCUT2D eigenvalue weighted by molar-refractivity contribution is 5.73. The maximum Gasteiger partial charge on any atom is 0.310 e. The molecule has 3 nitrogen and oxygen atoms in total.